The fourth-order valence-corrected chi connectivity index (χ4v) is 3.40. The Hall–Kier alpha value is -2.41. The monoisotopic (exact) mass is 362 g/mol. The highest BCUT2D eigenvalue weighted by molar-refractivity contribution is 6.00. The van der Waals surface area contributed by atoms with Gasteiger partial charge in [-0.3, -0.25) is 9.59 Å². The molecule has 0 aromatic rings. The maximum Gasteiger partial charge on any atom is 0.334 e. The van der Waals surface area contributed by atoms with Gasteiger partial charge in [-0.15, -0.1) is 0 Å². The normalized spacial score (nSPS) is 33.4. The van der Waals surface area contributed by atoms with Gasteiger partial charge in [-0.05, 0) is 13.0 Å². The van der Waals surface area contributed by atoms with Crippen LogP contribution in [0.1, 0.15) is 27.2 Å². The molecule has 2 bridgehead atoms. The molecule has 7 heteroatoms. The molecule has 0 aromatic carbocycles. The zero-order valence-electron chi connectivity index (χ0n) is 15.0. The molecule has 3 aliphatic heterocycles. The number of aliphatic hydroxyl groups excluding tert-OH is 1. The van der Waals surface area contributed by atoms with Crippen LogP contribution in [0.25, 0.3) is 0 Å². The average molecular weight is 362 g/mol. The molecule has 0 saturated carbocycles. The van der Waals surface area contributed by atoms with E-state index >= 15 is 0 Å². The third kappa shape index (κ3) is 2.96. The van der Waals surface area contributed by atoms with Gasteiger partial charge < -0.3 is 19.3 Å². The number of esters is 2. The van der Waals surface area contributed by atoms with Crippen molar-refractivity contribution in [2.24, 2.45) is 11.8 Å². The molecule has 1 saturated heterocycles. The SMILES string of the molecule is C=C1C(=O)O[C@H]2C=C(CO)C3=CC(=O)[C@](C)(C[C@@H](OC(=O)C(C)C)[C@@H]12)O3. The van der Waals surface area contributed by atoms with Gasteiger partial charge in [0.2, 0.25) is 5.78 Å². The Morgan fingerprint density at radius 3 is 2.77 bits per heavy atom. The van der Waals surface area contributed by atoms with Crippen molar-refractivity contribution in [2.45, 2.75) is 45.0 Å². The zero-order chi connectivity index (χ0) is 19.2. The minimum atomic E-state index is -1.26. The molecule has 0 spiro atoms. The summed E-state index contributed by atoms with van der Waals surface area (Å²) in [5.74, 6) is -2.11. The Bertz CT molecular complexity index is 745. The van der Waals surface area contributed by atoms with Crippen molar-refractivity contribution in [1.82, 2.24) is 0 Å². The largest absolute Gasteiger partial charge is 0.479 e. The van der Waals surface area contributed by atoms with Crippen molar-refractivity contribution < 1.29 is 33.7 Å². The molecular weight excluding hydrogens is 340 g/mol. The van der Waals surface area contributed by atoms with Crippen LogP contribution in [0.2, 0.25) is 0 Å². The van der Waals surface area contributed by atoms with Crippen molar-refractivity contribution in [3.05, 3.63) is 35.6 Å². The Morgan fingerprint density at radius 1 is 1.46 bits per heavy atom. The summed E-state index contributed by atoms with van der Waals surface area (Å²) in [6.45, 7) is 8.39. The van der Waals surface area contributed by atoms with E-state index in [0.29, 0.717) is 5.57 Å². The fourth-order valence-electron chi connectivity index (χ4n) is 3.40. The Kier molecular flexibility index (Phi) is 4.52. The van der Waals surface area contributed by atoms with Gasteiger partial charge in [0.25, 0.3) is 0 Å². The van der Waals surface area contributed by atoms with E-state index in [-0.39, 0.29) is 36.1 Å². The first-order valence-corrected chi connectivity index (χ1v) is 8.53. The van der Waals surface area contributed by atoms with E-state index in [1.807, 2.05) is 0 Å². The highest BCUT2D eigenvalue weighted by Gasteiger charge is 2.52. The predicted molar refractivity (Wildman–Crippen MR) is 89.6 cm³/mol. The molecule has 0 aromatic heterocycles. The number of rotatable bonds is 3. The molecule has 1 fully saturated rings. The lowest BCUT2D eigenvalue weighted by Gasteiger charge is -2.31. The van der Waals surface area contributed by atoms with Crippen molar-refractivity contribution >= 4 is 17.7 Å². The summed E-state index contributed by atoms with van der Waals surface area (Å²) in [5.41, 5.74) is -0.741. The lowest BCUT2D eigenvalue weighted by molar-refractivity contribution is -0.161. The van der Waals surface area contributed by atoms with Gasteiger partial charge in [0, 0.05) is 23.6 Å². The van der Waals surface area contributed by atoms with E-state index in [1.165, 1.54) is 12.2 Å². The van der Waals surface area contributed by atoms with Crippen LogP contribution in [0.5, 0.6) is 0 Å². The van der Waals surface area contributed by atoms with Gasteiger partial charge in [0.15, 0.2) is 5.60 Å². The fraction of sp³-hybridized carbons (Fsp3) is 0.526. The summed E-state index contributed by atoms with van der Waals surface area (Å²) in [6.07, 6.45) is 1.31. The van der Waals surface area contributed by atoms with Crippen LogP contribution >= 0.6 is 0 Å². The van der Waals surface area contributed by atoms with Crippen LogP contribution in [-0.4, -0.2) is 47.2 Å². The zero-order valence-corrected chi connectivity index (χ0v) is 15.0. The summed E-state index contributed by atoms with van der Waals surface area (Å²) in [4.78, 5) is 36.8. The second kappa shape index (κ2) is 6.39. The number of ether oxygens (including phenoxy) is 3. The first-order chi connectivity index (χ1) is 12.2. The summed E-state index contributed by atoms with van der Waals surface area (Å²) < 4.78 is 16.8. The van der Waals surface area contributed by atoms with Crippen LogP contribution in [0.15, 0.2) is 35.6 Å². The van der Waals surface area contributed by atoms with Gasteiger partial charge in [-0.2, -0.15) is 0 Å². The van der Waals surface area contributed by atoms with Crippen molar-refractivity contribution in [3.63, 3.8) is 0 Å². The van der Waals surface area contributed by atoms with Gasteiger partial charge in [0.05, 0.1) is 18.4 Å². The van der Waals surface area contributed by atoms with Crippen LogP contribution in [0, 0.1) is 11.8 Å². The van der Waals surface area contributed by atoms with E-state index in [0.717, 1.165) is 0 Å². The molecular formula is C19H22O7. The third-order valence-electron chi connectivity index (χ3n) is 4.96. The van der Waals surface area contributed by atoms with E-state index in [2.05, 4.69) is 6.58 Å². The molecule has 0 radical (unpaired) electrons. The maximum atomic E-state index is 12.5. The minimum absolute atomic E-state index is 0.0493. The molecule has 3 rings (SSSR count). The Balaban J connectivity index is 2.08. The summed E-state index contributed by atoms with van der Waals surface area (Å²) in [6, 6.07) is 0. The van der Waals surface area contributed by atoms with Gasteiger partial charge >= 0.3 is 11.9 Å². The second-order valence-electron chi connectivity index (χ2n) is 7.31. The molecule has 0 amide bonds. The van der Waals surface area contributed by atoms with E-state index in [1.54, 1.807) is 20.8 Å². The number of hydrogen-bond donors (Lipinski definition) is 1. The van der Waals surface area contributed by atoms with E-state index in [4.69, 9.17) is 14.2 Å². The second-order valence-corrected chi connectivity index (χ2v) is 7.31. The van der Waals surface area contributed by atoms with Crippen molar-refractivity contribution in [2.75, 3.05) is 6.61 Å². The molecule has 0 aliphatic carbocycles. The first kappa shape index (κ1) is 18.4. The number of hydrogen-bond acceptors (Lipinski definition) is 7. The molecule has 0 unspecified atom stereocenters. The van der Waals surface area contributed by atoms with Gasteiger partial charge in [-0.1, -0.05) is 20.4 Å². The number of aliphatic hydroxyl groups is 1. The molecule has 4 atom stereocenters. The van der Waals surface area contributed by atoms with E-state index < -0.39 is 35.7 Å². The van der Waals surface area contributed by atoms with E-state index in [9.17, 15) is 19.5 Å². The van der Waals surface area contributed by atoms with Crippen molar-refractivity contribution in [1.29, 1.82) is 0 Å². The van der Waals surface area contributed by atoms with Crippen molar-refractivity contribution in [3.8, 4) is 0 Å². The van der Waals surface area contributed by atoms with Crippen LogP contribution in [0.3, 0.4) is 0 Å². The highest BCUT2D eigenvalue weighted by atomic mass is 16.6. The molecule has 3 aliphatic rings. The quantitative estimate of drug-likeness (QED) is 0.595. The predicted octanol–water partition coefficient (Wildman–Crippen LogP) is 1.22. The smallest absolute Gasteiger partial charge is 0.334 e. The standard InChI is InChI=1S/C19H22O7/c1-9(2)17(22)25-14-7-19(4)15(21)6-12(26-19)11(8-20)5-13-16(14)10(3)18(23)24-13/h5-6,9,13-14,16,20H,3,7-8H2,1-2,4H3/t13-,14+,16-,19-/m0/s1. The molecule has 7 nitrogen and oxygen atoms in total. The lowest BCUT2D eigenvalue weighted by atomic mass is 9.82. The number of ketones is 1. The number of carbonyl (C=O) groups is 3. The third-order valence-corrected chi connectivity index (χ3v) is 4.96. The molecule has 3 heterocycles. The summed E-state index contributed by atoms with van der Waals surface area (Å²) >= 11 is 0. The first-order valence-electron chi connectivity index (χ1n) is 8.53. The van der Waals surface area contributed by atoms with Gasteiger partial charge in [-0.25, -0.2) is 4.79 Å². The van der Waals surface area contributed by atoms with Gasteiger partial charge in [0.1, 0.15) is 18.0 Å². The average Bonchev–Trinajstić information content (AvgIpc) is 3.01. The minimum Gasteiger partial charge on any atom is -0.479 e. The maximum absolute atomic E-state index is 12.5. The summed E-state index contributed by atoms with van der Waals surface area (Å²) in [5, 5.41) is 9.68. The Labute approximate surface area is 151 Å². The Morgan fingerprint density at radius 2 is 2.15 bits per heavy atom. The molecule has 26 heavy (non-hydrogen) atoms. The highest BCUT2D eigenvalue weighted by Crippen LogP contribution is 2.42. The van der Waals surface area contributed by atoms with Crippen LogP contribution < -0.4 is 0 Å². The summed E-state index contributed by atoms with van der Waals surface area (Å²) in [7, 11) is 0. The molecule has 140 valence electrons. The van der Waals surface area contributed by atoms with Crippen LogP contribution in [0.4, 0.5) is 0 Å². The lowest BCUT2D eigenvalue weighted by Crippen LogP contribution is -2.43. The van der Waals surface area contributed by atoms with Crippen LogP contribution in [-0.2, 0) is 28.6 Å². The topological polar surface area (TPSA) is 99.1 Å². The number of carbonyl (C=O) groups excluding carboxylic acids is 3. The number of fused-ring (bicyclic) bond motifs is 3. The molecule has 1 N–H and O–H groups in total.